The summed E-state index contributed by atoms with van der Waals surface area (Å²) >= 11 is 0. The highest BCUT2D eigenvalue weighted by Gasteiger charge is 2.45. The third-order valence-corrected chi connectivity index (χ3v) is 4.66. The molecule has 3 unspecified atom stereocenters. The van der Waals surface area contributed by atoms with Gasteiger partial charge in [0, 0.05) is 25.6 Å². The topological polar surface area (TPSA) is 46.3 Å². The number of carbonyl (C=O) groups is 1. The lowest BCUT2D eigenvalue weighted by Gasteiger charge is -2.23. The Bertz CT molecular complexity index is 667. The summed E-state index contributed by atoms with van der Waals surface area (Å²) < 4.78 is 0. The molecular weight excluding hydrogens is 260 g/mol. The van der Waals surface area contributed by atoms with Gasteiger partial charge in [0.2, 0.25) is 5.91 Å². The van der Waals surface area contributed by atoms with Crippen LogP contribution in [0.4, 0.5) is 0 Å². The van der Waals surface area contributed by atoms with Crippen molar-refractivity contribution >= 4 is 16.7 Å². The standard InChI is InChI=1S/C18H22N2O/c1-12(11-19)20(2)18(21)17-10-16(17)15-8-7-13-5-3-4-6-14(13)9-15/h3-9,12,16-17H,10-11,19H2,1-2H3. The van der Waals surface area contributed by atoms with E-state index in [1.165, 1.54) is 16.3 Å². The molecule has 1 aliphatic carbocycles. The molecule has 3 atom stereocenters. The maximum atomic E-state index is 12.4. The fourth-order valence-corrected chi connectivity index (χ4v) is 2.91. The Balaban J connectivity index is 1.75. The van der Waals surface area contributed by atoms with E-state index in [1.54, 1.807) is 4.90 Å². The number of rotatable bonds is 4. The van der Waals surface area contributed by atoms with Crippen LogP contribution in [-0.2, 0) is 4.79 Å². The van der Waals surface area contributed by atoms with Crippen LogP contribution in [0.15, 0.2) is 42.5 Å². The SMILES string of the molecule is CC(CN)N(C)C(=O)C1CC1c1ccc2ccccc2c1. The molecule has 2 N–H and O–H groups in total. The maximum absolute atomic E-state index is 12.4. The molecule has 0 aliphatic heterocycles. The van der Waals surface area contributed by atoms with E-state index in [0.29, 0.717) is 12.5 Å². The Hall–Kier alpha value is -1.87. The van der Waals surface area contributed by atoms with Crippen molar-refractivity contribution in [2.75, 3.05) is 13.6 Å². The van der Waals surface area contributed by atoms with E-state index in [0.717, 1.165) is 6.42 Å². The van der Waals surface area contributed by atoms with E-state index in [9.17, 15) is 4.79 Å². The smallest absolute Gasteiger partial charge is 0.226 e. The van der Waals surface area contributed by atoms with Gasteiger partial charge < -0.3 is 10.6 Å². The number of fused-ring (bicyclic) bond motifs is 1. The monoisotopic (exact) mass is 282 g/mol. The lowest BCUT2D eigenvalue weighted by Crippen LogP contribution is -2.40. The van der Waals surface area contributed by atoms with Gasteiger partial charge in [-0.25, -0.2) is 0 Å². The van der Waals surface area contributed by atoms with Crippen LogP contribution in [0.2, 0.25) is 0 Å². The number of nitrogens with zero attached hydrogens (tertiary/aromatic N) is 1. The molecule has 21 heavy (non-hydrogen) atoms. The molecule has 0 bridgehead atoms. The van der Waals surface area contributed by atoms with Gasteiger partial charge in [0.15, 0.2) is 0 Å². The van der Waals surface area contributed by atoms with Crippen LogP contribution < -0.4 is 5.73 Å². The van der Waals surface area contributed by atoms with E-state index in [1.807, 2.05) is 14.0 Å². The van der Waals surface area contributed by atoms with Crippen molar-refractivity contribution < 1.29 is 4.79 Å². The number of hydrogen-bond donors (Lipinski definition) is 1. The predicted molar refractivity (Wildman–Crippen MR) is 86.1 cm³/mol. The fraction of sp³-hybridized carbons (Fsp3) is 0.389. The summed E-state index contributed by atoms with van der Waals surface area (Å²) in [5.41, 5.74) is 6.92. The quantitative estimate of drug-likeness (QED) is 0.937. The first-order valence-corrected chi connectivity index (χ1v) is 7.57. The molecule has 0 saturated heterocycles. The minimum atomic E-state index is 0.107. The third-order valence-electron chi connectivity index (χ3n) is 4.66. The zero-order chi connectivity index (χ0) is 15.0. The van der Waals surface area contributed by atoms with Crippen LogP contribution >= 0.6 is 0 Å². The van der Waals surface area contributed by atoms with Gasteiger partial charge in [-0.3, -0.25) is 4.79 Å². The molecule has 1 aliphatic rings. The highest BCUT2D eigenvalue weighted by Crippen LogP contribution is 2.49. The Morgan fingerprint density at radius 3 is 2.71 bits per heavy atom. The Morgan fingerprint density at radius 2 is 2.00 bits per heavy atom. The summed E-state index contributed by atoms with van der Waals surface area (Å²) in [4.78, 5) is 14.2. The molecule has 0 aromatic heterocycles. The number of hydrogen-bond acceptors (Lipinski definition) is 2. The van der Waals surface area contributed by atoms with E-state index in [-0.39, 0.29) is 17.9 Å². The van der Waals surface area contributed by atoms with Crippen LogP contribution in [0, 0.1) is 5.92 Å². The Kier molecular flexibility index (Phi) is 3.68. The number of amides is 1. The van der Waals surface area contributed by atoms with Crippen molar-refractivity contribution in [3.8, 4) is 0 Å². The van der Waals surface area contributed by atoms with Gasteiger partial charge in [0.25, 0.3) is 0 Å². The molecule has 1 amide bonds. The molecule has 0 radical (unpaired) electrons. The summed E-state index contributed by atoms with van der Waals surface area (Å²) in [6, 6.07) is 15.0. The highest BCUT2D eigenvalue weighted by molar-refractivity contribution is 5.85. The molecule has 3 nitrogen and oxygen atoms in total. The molecule has 3 heteroatoms. The van der Waals surface area contributed by atoms with Crippen LogP contribution in [0.25, 0.3) is 10.8 Å². The second kappa shape index (κ2) is 5.49. The molecule has 2 aromatic rings. The predicted octanol–water partition coefficient (Wildman–Crippen LogP) is 2.75. The van der Waals surface area contributed by atoms with Crippen molar-refractivity contribution in [1.29, 1.82) is 0 Å². The molecule has 0 heterocycles. The van der Waals surface area contributed by atoms with Gasteiger partial charge in [0.1, 0.15) is 0 Å². The van der Waals surface area contributed by atoms with Crippen LogP contribution in [0.1, 0.15) is 24.8 Å². The van der Waals surface area contributed by atoms with Gasteiger partial charge in [-0.1, -0.05) is 42.5 Å². The van der Waals surface area contributed by atoms with E-state index >= 15 is 0 Å². The first-order valence-electron chi connectivity index (χ1n) is 7.57. The average molecular weight is 282 g/mol. The minimum Gasteiger partial charge on any atom is -0.342 e. The van der Waals surface area contributed by atoms with Gasteiger partial charge in [0.05, 0.1) is 0 Å². The van der Waals surface area contributed by atoms with Crippen molar-refractivity contribution in [2.45, 2.75) is 25.3 Å². The van der Waals surface area contributed by atoms with Gasteiger partial charge >= 0.3 is 0 Å². The number of likely N-dealkylation sites (N-methyl/N-ethyl adjacent to an activating group) is 1. The number of benzene rings is 2. The van der Waals surface area contributed by atoms with Crippen molar-refractivity contribution in [3.63, 3.8) is 0 Å². The fourth-order valence-electron chi connectivity index (χ4n) is 2.91. The number of carbonyl (C=O) groups excluding carboxylic acids is 1. The minimum absolute atomic E-state index is 0.107. The Morgan fingerprint density at radius 1 is 1.29 bits per heavy atom. The van der Waals surface area contributed by atoms with Gasteiger partial charge in [-0.15, -0.1) is 0 Å². The van der Waals surface area contributed by atoms with Crippen molar-refractivity contribution in [3.05, 3.63) is 48.0 Å². The largest absolute Gasteiger partial charge is 0.342 e. The average Bonchev–Trinajstić information content (AvgIpc) is 3.32. The maximum Gasteiger partial charge on any atom is 0.226 e. The molecular formula is C18H22N2O. The third kappa shape index (κ3) is 2.66. The second-order valence-corrected chi connectivity index (χ2v) is 6.09. The van der Waals surface area contributed by atoms with E-state index in [4.69, 9.17) is 5.73 Å². The van der Waals surface area contributed by atoms with Crippen LogP contribution in [0.5, 0.6) is 0 Å². The normalized spacial score (nSPS) is 22.0. The van der Waals surface area contributed by atoms with Crippen molar-refractivity contribution in [1.82, 2.24) is 4.90 Å². The molecule has 1 fully saturated rings. The Labute approximate surface area is 125 Å². The van der Waals surface area contributed by atoms with Gasteiger partial charge in [-0.05, 0) is 35.6 Å². The van der Waals surface area contributed by atoms with E-state index < -0.39 is 0 Å². The molecule has 0 spiro atoms. The molecule has 110 valence electrons. The summed E-state index contributed by atoms with van der Waals surface area (Å²) in [6.07, 6.45) is 0.957. The molecule has 3 rings (SSSR count). The summed E-state index contributed by atoms with van der Waals surface area (Å²) in [5.74, 6) is 0.728. The summed E-state index contributed by atoms with van der Waals surface area (Å²) in [5, 5.41) is 2.50. The molecule has 2 aromatic carbocycles. The van der Waals surface area contributed by atoms with Crippen LogP contribution in [-0.4, -0.2) is 30.4 Å². The lowest BCUT2D eigenvalue weighted by molar-refractivity contribution is -0.133. The van der Waals surface area contributed by atoms with Gasteiger partial charge in [-0.2, -0.15) is 0 Å². The van der Waals surface area contributed by atoms with Crippen molar-refractivity contribution in [2.24, 2.45) is 11.7 Å². The first kappa shape index (κ1) is 14.1. The zero-order valence-electron chi connectivity index (χ0n) is 12.6. The first-order chi connectivity index (χ1) is 10.1. The van der Waals surface area contributed by atoms with E-state index in [2.05, 4.69) is 42.5 Å². The highest BCUT2D eigenvalue weighted by atomic mass is 16.2. The zero-order valence-corrected chi connectivity index (χ0v) is 12.6. The summed E-state index contributed by atoms with van der Waals surface area (Å²) in [6.45, 7) is 2.50. The van der Waals surface area contributed by atoms with Crippen LogP contribution in [0.3, 0.4) is 0 Å². The number of nitrogens with two attached hydrogens (primary N) is 1. The molecule has 1 saturated carbocycles. The summed E-state index contributed by atoms with van der Waals surface area (Å²) in [7, 11) is 1.86. The second-order valence-electron chi connectivity index (χ2n) is 6.09. The lowest BCUT2D eigenvalue weighted by atomic mass is 10.0.